The largest absolute Gasteiger partial charge is 0.340 e. The molecule has 0 radical (unpaired) electrons. The van der Waals surface area contributed by atoms with Crippen molar-refractivity contribution in [2.24, 2.45) is 11.8 Å². The average Bonchev–Trinajstić information content (AvgIpc) is 2.83. The van der Waals surface area contributed by atoms with Crippen LogP contribution in [0.3, 0.4) is 0 Å². The summed E-state index contributed by atoms with van der Waals surface area (Å²) in [6, 6.07) is 0.0328. The molecule has 2 atom stereocenters. The summed E-state index contributed by atoms with van der Waals surface area (Å²) in [6.07, 6.45) is 1.11. The minimum absolute atomic E-state index is 0.0328. The maximum atomic E-state index is 12.7. The van der Waals surface area contributed by atoms with Crippen LogP contribution in [-0.2, 0) is 4.79 Å². The lowest BCUT2D eigenvalue weighted by Crippen LogP contribution is -2.49. The Balaban J connectivity index is 2.60. The smallest absolute Gasteiger partial charge is 0.240 e. The van der Waals surface area contributed by atoms with Gasteiger partial charge in [-0.3, -0.25) is 4.79 Å². The topological polar surface area (TPSA) is 35.6 Å². The number of nitrogens with one attached hydrogen (secondary N) is 1. The number of rotatable bonds is 8. The van der Waals surface area contributed by atoms with Gasteiger partial charge < -0.3 is 15.1 Å². The van der Waals surface area contributed by atoms with Gasteiger partial charge in [-0.25, -0.2) is 0 Å². The first-order valence-corrected chi connectivity index (χ1v) is 8.24. The Hall–Kier alpha value is -0.610. The lowest BCUT2D eigenvalue weighted by Gasteiger charge is -2.31. The first kappa shape index (κ1) is 17.4. The molecule has 118 valence electrons. The highest BCUT2D eigenvalue weighted by Gasteiger charge is 2.32. The van der Waals surface area contributed by atoms with E-state index in [1.165, 1.54) is 0 Å². The molecule has 1 N–H and O–H groups in total. The highest BCUT2D eigenvalue weighted by Crippen LogP contribution is 2.17. The van der Waals surface area contributed by atoms with Gasteiger partial charge in [0.25, 0.3) is 0 Å². The van der Waals surface area contributed by atoms with Crippen LogP contribution in [0.4, 0.5) is 0 Å². The molecule has 0 spiro atoms. The van der Waals surface area contributed by atoms with Crippen molar-refractivity contribution in [1.29, 1.82) is 0 Å². The summed E-state index contributed by atoms with van der Waals surface area (Å²) in [6.45, 7) is 16.7. The van der Waals surface area contributed by atoms with E-state index in [1.807, 2.05) is 0 Å². The first-order chi connectivity index (χ1) is 9.49. The van der Waals surface area contributed by atoms with E-state index in [4.69, 9.17) is 0 Å². The van der Waals surface area contributed by atoms with Crippen LogP contribution >= 0.6 is 0 Å². The van der Waals surface area contributed by atoms with Crippen molar-refractivity contribution < 1.29 is 4.79 Å². The van der Waals surface area contributed by atoms with Gasteiger partial charge in [-0.15, -0.1) is 0 Å². The number of hydrogen-bond donors (Lipinski definition) is 1. The molecule has 2 unspecified atom stereocenters. The fourth-order valence-corrected chi connectivity index (χ4v) is 2.90. The fraction of sp³-hybridized carbons (Fsp3) is 0.938. The highest BCUT2D eigenvalue weighted by atomic mass is 16.2. The van der Waals surface area contributed by atoms with Crippen LogP contribution in [0.5, 0.6) is 0 Å². The number of carbonyl (C=O) groups is 1. The normalized spacial score (nSPS) is 22.8. The van der Waals surface area contributed by atoms with E-state index in [0.29, 0.717) is 17.7 Å². The van der Waals surface area contributed by atoms with Gasteiger partial charge in [-0.05, 0) is 37.9 Å². The molecule has 1 heterocycles. The summed E-state index contributed by atoms with van der Waals surface area (Å²) in [4.78, 5) is 17.2. The Bertz CT molecular complexity index is 289. The molecule has 1 amide bonds. The van der Waals surface area contributed by atoms with Crippen LogP contribution in [0.2, 0.25) is 0 Å². The van der Waals surface area contributed by atoms with Gasteiger partial charge >= 0.3 is 0 Å². The van der Waals surface area contributed by atoms with Crippen molar-refractivity contribution in [2.75, 3.05) is 39.3 Å². The highest BCUT2D eigenvalue weighted by molar-refractivity contribution is 5.82. The molecule has 0 aromatic rings. The molecule has 0 aliphatic carbocycles. The lowest BCUT2D eigenvalue weighted by atomic mass is 10.0. The van der Waals surface area contributed by atoms with Gasteiger partial charge in [-0.2, -0.15) is 0 Å². The van der Waals surface area contributed by atoms with E-state index in [-0.39, 0.29) is 6.04 Å². The summed E-state index contributed by atoms with van der Waals surface area (Å²) >= 11 is 0. The van der Waals surface area contributed by atoms with Gasteiger partial charge in [0, 0.05) is 19.6 Å². The van der Waals surface area contributed by atoms with Gasteiger partial charge in [0.2, 0.25) is 5.91 Å². The summed E-state index contributed by atoms with van der Waals surface area (Å²) in [7, 11) is 0. The van der Waals surface area contributed by atoms with Crippen LogP contribution in [0.1, 0.15) is 41.0 Å². The molecule has 4 heteroatoms. The second-order valence-electron chi connectivity index (χ2n) is 6.40. The van der Waals surface area contributed by atoms with E-state index in [2.05, 4.69) is 49.7 Å². The summed E-state index contributed by atoms with van der Waals surface area (Å²) in [5.74, 6) is 1.29. The second-order valence-corrected chi connectivity index (χ2v) is 6.40. The maximum Gasteiger partial charge on any atom is 0.240 e. The number of nitrogens with zero attached hydrogens (tertiary/aromatic N) is 2. The third-order valence-electron chi connectivity index (χ3n) is 4.28. The van der Waals surface area contributed by atoms with Crippen LogP contribution in [0.15, 0.2) is 0 Å². The number of hydrogen-bond acceptors (Lipinski definition) is 3. The van der Waals surface area contributed by atoms with Crippen molar-refractivity contribution in [3.63, 3.8) is 0 Å². The molecule has 4 nitrogen and oxygen atoms in total. The Morgan fingerprint density at radius 2 is 1.90 bits per heavy atom. The zero-order chi connectivity index (χ0) is 15.1. The summed E-state index contributed by atoms with van der Waals surface area (Å²) in [5.41, 5.74) is 0. The molecular weight excluding hydrogens is 250 g/mol. The van der Waals surface area contributed by atoms with Crippen LogP contribution < -0.4 is 5.32 Å². The molecule has 1 aliphatic heterocycles. The van der Waals surface area contributed by atoms with Crippen molar-refractivity contribution >= 4 is 5.91 Å². The van der Waals surface area contributed by atoms with E-state index in [0.717, 1.165) is 45.7 Å². The minimum Gasteiger partial charge on any atom is -0.340 e. The molecule has 1 aliphatic rings. The number of amides is 1. The van der Waals surface area contributed by atoms with Crippen molar-refractivity contribution in [3.8, 4) is 0 Å². The first-order valence-electron chi connectivity index (χ1n) is 8.24. The van der Waals surface area contributed by atoms with Crippen LogP contribution in [-0.4, -0.2) is 61.0 Å². The maximum absolute atomic E-state index is 12.7. The Morgan fingerprint density at radius 3 is 2.35 bits per heavy atom. The van der Waals surface area contributed by atoms with Crippen molar-refractivity contribution in [1.82, 2.24) is 15.1 Å². The van der Waals surface area contributed by atoms with Gasteiger partial charge in [0.05, 0.1) is 6.04 Å². The molecule has 0 aromatic carbocycles. The van der Waals surface area contributed by atoms with Gasteiger partial charge in [0.15, 0.2) is 0 Å². The lowest BCUT2D eigenvalue weighted by molar-refractivity contribution is -0.134. The van der Waals surface area contributed by atoms with Gasteiger partial charge in [0.1, 0.15) is 0 Å². The SMILES string of the molecule is CCN(CC)CCN(CC(C)C)C(=O)C1NCCC1C. The standard InChI is InChI=1S/C16H33N3O/c1-6-18(7-2)10-11-19(12-13(3)4)16(20)15-14(5)8-9-17-15/h13-15,17H,6-12H2,1-5H3. The van der Waals surface area contributed by atoms with E-state index in [9.17, 15) is 4.79 Å². The molecule has 0 saturated carbocycles. The Labute approximate surface area is 124 Å². The fourth-order valence-electron chi connectivity index (χ4n) is 2.90. The van der Waals surface area contributed by atoms with Crippen molar-refractivity contribution in [2.45, 2.75) is 47.1 Å². The summed E-state index contributed by atoms with van der Waals surface area (Å²) < 4.78 is 0. The van der Waals surface area contributed by atoms with Gasteiger partial charge in [-0.1, -0.05) is 34.6 Å². The molecule has 0 bridgehead atoms. The quantitative estimate of drug-likeness (QED) is 0.738. The zero-order valence-corrected chi connectivity index (χ0v) is 14.0. The molecule has 1 fully saturated rings. The minimum atomic E-state index is 0.0328. The van der Waals surface area contributed by atoms with Crippen LogP contribution in [0.25, 0.3) is 0 Å². The molecule has 1 rings (SSSR count). The third kappa shape index (κ3) is 5.06. The number of carbonyl (C=O) groups excluding carboxylic acids is 1. The predicted octanol–water partition coefficient (Wildman–Crippen LogP) is 1.81. The third-order valence-corrected chi connectivity index (χ3v) is 4.28. The Morgan fingerprint density at radius 1 is 1.25 bits per heavy atom. The molecule has 20 heavy (non-hydrogen) atoms. The van der Waals surface area contributed by atoms with E-state index >= 15 is 0 Å². The van der Waals surface area contributed by atoms with Crippen LogP contribution in [0, 0.1) is 11.8 Å². The monoisotopic (exact) mass is 283 g/mol. The Kier molecular flexibility index (Phi) is 7.52. The summed E-state index contributed by atoms with van der Waals surface area (Å²) in [5, 5.41) is 3.37. The van der Waals surface area contributed by atoms with E-state index < -0.39 is 0 Å². The molecule has 1 saturated heterocycles. The average molecular weight is 283 g/mol. The zero-order valence-electron chi connectivity index (χ0n) is 14.0. The number of likely N-dealkylation sites (N-methyl/N-ethyl adjacent to an activating group) is 1. The molecule has 0 aromatic heterocycles. The molecular formula is C16H33N3O. The second kappa shape index (κ2) is 8.63. The van der Waals surface area contributed by atoms with Crippen molar-refractivity contribution in [3.05, 3.63) is 0 Å². The predicted molar refractivity (Wildman–Crippen MR) is 84.8 cm³/mol. The van der Waals surface area contributed by atoms with E-state index in [1.54, 1.807) is 0 Å².